The van der Waals surface area contributed by atoms with E-state index in [1.54, 1.807) is 47.2 Å². The summed E-state index contributed by atoms with van der Waals surface area (Å²) in [4.78, 5) is 42.7. The van der Waals surface area contributed by atoms with E-state index in [9.17, 15) is 18.8 Å². The molecule has 2 heterocycles. The molecule has 1 spiro atoms. The SMILES string of the molecule is CCCNC(=O)C1COC2(CCN(C(=O)c3cccc(F)c3)CC2)N1C(=O)c1ccc(OC)cc1. The van der Waals surface area contributed by atoms with Gasteiger partial charge >= 0.3 is 0 Å². The van der Waals surface area contributed by atoms with Crippen LogP contribution in [0.1, 0.15) is 46.9 Å². The van der Waals surface area contributed by atoms with Crippen molar-refractivity contribution in [1.82, 2.24) is 15.1 Å². The molecule has 8 nitrogen and oxygen atoms in total. The van der Waals surface area contributed by atoms with Gasteiger partial charge in [0.05, 0.1) is 13.7 Å². The Hall–Kier alpha value is -3.46. The van der Waals surface area contributed by atoms with E-state index in [0.29, 0.717) is 43.8 Å². The predicted octanol–water partition coefficient (Wildman–Crippen LogP) is 2.83. The van der Waals surface area contributed by atoms with Gasteiger partial charge in [-0.2, -0.15) is 0 Å². The number of nitrogens with one attached hydrogen (secondary N) is 1. The molecule has 2 aliphatic heterocycles. The maximum atomic E-state index is 13.7. The normalized spacial score (nSPS) is 19.0. The molecule has 1 unspecified atom stereocenters. The molecule has 0 radical (unpaired) electrons. The minimum atomic E-state index is -1.01. The minimum absolute atomic E-state index is 0.0787. The first kappa shape index (κ1) is 24.7. The number of ether oxygens (including phenoxy) is 2. The average Bonchev–Trinajstić information content (AvgIpc) is 3.25. The molecule has 2 fully saturated rings. The Morgan fingerprint density at radius 1 is 1.09 bits per heavy atom. The topological polar surface area (TPSA) is 88.2 Å². The first-order valence-electron chi connectivity index (χ1n) is 11.8. The highest BCUT2D eigenvalue weighted by molar-refractivity contribution is 5.98. The number of carbonyl (C=O) groups is 3. The molecule has 1 N–H and O–H groups in total. The number of methoxy groups -OCH3 is 1. The van der Waals surface area contributed by atoms with Crippen molar-refractivity contribution in [3.63, 3.8) is 0 Å². The Morgan fingerprint density at radius 2 is 1.80 bits per heavy atom. The Kier molecular flexibility index (Phi) is 7.35. The fourth-order valence-corrected chi connectivity index (χ4v) is 4.67. The summed E-state index contributed by atoms with van der Waals surface area (Å²) in [5, 5.41) is 2.87. The molecule has 0 bridgehead atoms. The number of rotatable bonds is 6. The van der Waals surface area contributed by atoms with Crippen LogP contribution in [0.5, 0.6) is 5.75 Å². The summed E-state index contributed by atoms with van der Waals surface area (Å²) in [5.41, 5.74) is -0.317. The van der Waals surface area contributed by atoms with Crippen molar-refractivity contribution >= 4 is 17.7 Å². The summed E-state index contributed by atoms with van der Waals surface area (Å²) >= 11 is 0. The third kappa shape index (κ3) is 5.00. The van der Waals surface area contributed by atoms with Crippen LogP contribution in [-0.2, 0) is 9.53 Å². The van der Waals surface area contributed by atoms with Crippen LogP contribution in [0.15, 0.2) is 48.5 Å². The predicted molar refractivity (Wildman–Crippen MR) is 126 cm³/mol. The summed E-state index contributed by atoms with van der Waals surface area (Å²) in [5.74, 6) is -0.700. The Labute approximate surface area is 204 Å². The first-order chi connectivity index (χ1) is 16.9. The van der Waals surface area contributed by atoms with E-state index in [4.69, 9.17) is 9.47 Å². The van der Waals surface area contributed by atoms with Gasteiger partial charge in [0, 0.05) is 43.6 Å². The van der Waals surface area contributed by atoms with E-state index in [-0.39, 0.29) is 29.9 Å². The monoisotopic (exact) mass is 483 g/mol. The Morgan fingerprint density at radius 3 is 2.43 bits per heavy atom. The number of halogens is 1. The minimum Gasteiger partial charge on any atom is -0.497 e. The molecular weight excluding hydrogens is 453 g/mol. The highest BCUT2D eigenvalue weighted by atomic mass is 19.1. The van der Waals surface area contributed by atoms with Gasteiger partial charge in [0.15, 0.2) is 0 Å². The second-order valence-electron chi connectivity index (χ2n) is 8.77. The van der Waals surface area contributed by atoms with Crippen molar-refractivity contribution in [1.29, 1.82) is 0 Å². The zero-order chi connectivity index (χ0) is 25.0. The molecule has 1 atom stereocenters. The second kappa shape index (κ2) is 10.4. The quantitative estimate of drug-likeness (QED) is 0.683. The van der Waals surface area contributed by atoms with Crippen LogP contribution in [0.2, 0.25) is 0 Å². The lowest BCUT2D eigenvalue weighted by Gasteiger charge is -2.44. The third-order valence-corrected chi connectivity index (χ3v) is 6.57. The van der Waals surface area contributed by atoms with Crippen LogP contribution >= 0.6 is 0 Å². The smallest absolute Gasteiger partial charge is 0.256 e. The molecule has 2 aromatic carbocycles. The van der Waals surface area contributed by atoms with E-state index >= 15 is 0 Å². The number of hydrogen-bond donors (Lipinski definition) is 1. The third-order valence-electron chi connectivity index (χ3n) is 6.57. The van der Waals surface area contributed by atoms with Gasteiger partial charge in [0.2, 0.25) is 5.91 Å². The maximum Gasteiger partial charge on any atom is 0.256 e. The van der Waals surface area contributed by atoms with Gasteiger partial charge < -0.3 is 19.7 Å². The van der Waals surface area contributed by atoms with Crippen LogP contribution in [-0.4, -0.2) is 72.6 Å². The highest BCUT2D eigenvalue weighted by Gasteiger charge is 2.54. The van der Waals surface area contributed by atoms with E-state index in [0.717, 1.165) is 6.42 Å². The van der Waals surface area contributed by atoms with Gasteiger partial charge in [-0.25, -0.2) is 4.39 Å². The summed E-state index contributed by atoms with van der Waals surface area (Å²) in [7, 11) is 1.55. The number of piperidine rings is 1. The van der Waals surface area contributed by atoms with Gasteiger partial charge in [0.1, 0.15) is 23.3 Å². The van der Waals surface area contributed by atoms with Gasteiger partial charge in [-0.05, 0) is 48.9 Å². The van der Waals surface area contributed by atoms with Crippen LogP contribution in [0.3, 0.4) is 0 Å². The molecule has 35 heavy (non-hydrogen) atoms. The summed E-state index contributed by atoms with van der Waals surface area (Å²) < 4.78 is 25.0. The molecule has 2 saturated heterocycles. The molecule has 9 heteroatoms. The van der Waals surface area contributed by atoms with Crippen LogP contribution in [0.25, 0.3) is 0 Å². The fourth-order valence-electron chi connectivity index (χ4n) is 4.67. The molecule has 0 aromatic heterocycles. The van der Waals surface area contributed by atoms with Crippen molar-refractivity contribution in [3.05, 3.63) is 65.5 Å². The number of hydrogen-bond acceptors (Lipinski definition) is 5. The van der Waals surface area contributed by atoms with Gasteiger partial charge in [-0.15, -0.1) is 0 Å². The number of benzene rings is 2. The zero-order valence-corrected chi connectivity index (χ0v) is 20.0. The second-order valence-corrected chi connectivity index (χ2v) is 8.77. The standard InChI is InChI=1S/C26H30FN3O5/c1-3-13-28-23(31)22-17-35-26(30(22)25(33)18-7-9-21(34-2)10-8-18)11-14-29(15-12-26)24(32)19-5-4-6-20(27)16-19/h4-10,16,22H,3,11-15,17H2,1-2H3,(H,28,31). The summed E-state index contributed by atoms with van der Waals surface area (Å²) in [6, 6.07) is 11.5. The maximum absolute atomic E-state index is 13.7. The molecule has 0 aliphatic carbocycles. The van der Waals surface area contributed by atoms with Gasteiger partial charge in [0.25, 0.3) is 11.8 Å². The summed E-state index contributed by atoms with van der Waals surface area (Å²) in [6.45, 7) is 3.16. The van der Waals surface area contributed by atoms with Crippen molar-refractivity contribution in [2.24, 2.45) is 0 Å². The number of amides is 3. The average molecular weight is 484 g/mol. The molecule has 186 valence electrons. The Balaban J connectivity index is 1.56. The van der Waals surface area contributed by atoms with E-state index in [1.807, 2.05) is 6.92 Å². The van der Waals surface area contributed by atoms with E-state index < -0.39 is 17.6 Å². The van der Waals surface area contributed by atoms with Crippen LogP contribution in [0, 0.1) is 5.82 Å². The molecule has 3 amide bonds. The molecule has 2 aromatic rings. The number of likely N-dealkylation sites (tertiary alicyclic amines) is 1. The number of carbonyl (C=O) groups excluding carboxylic acids is 3. The van der Waals surface area contributed by atoms with Crippen molar-refractivity contribution < 1.29 is 28.2 Å². The lowest BCUT2D eigenvalue weighted by Crippen LogP contribution is -2.59. The van der Waals surface area contributed by atoms with Crippen molar-refractivity contribution in [2.45, 2.75) is 38.0 Å². The van der Waals surface area contributed by atoms with Gasteiger partial charge in [-0.1, -0.05) is 13.0 Å². The van der Waals surface area contributed by atoms with Gasteiger partial charge in [-0.3, -0.25) is 19.3 Å². The molecule has 0 saturated carbocycles. The number of nitrogens with zero attached hydrogens (tertiary/aromatic N) is 2. The lowest BCUT2D eigenvalue weighted by molar-refractivity contribution is -0.128. The van der Waals surface area contributed by atoms with Crippen molar-refractivity contribution in [2.75, 3.05) is 33.4 Å². The summed E-state index contributed by atoms with van der Waals surface area (Å²) in [6.07, 6.45) is 1.45. The lowest BCUT2D eigenvalue weighted by atomic mass is 9.96. The first-order valence-corrected chi connectivity index (χ1v) is 11.8. The highest BCUT2D eigenvalue weighted by Crippen LogP contribution is 2.39. The molecular formula is C26H30FN3O5. The van der Waals surface area contributed by atoms with Crippen LogP contribution < -0.4 is 10.1 Å². The zero-order valence-electron chi connectivity index (χ0n) is 20.0. The molecule has 4 rings (SSSR count). The van der Waals surface area contributed by atoms with Crippen molar-refractivity contribution in [3.8, 4) is 5.75 Å². The van der Waals surface area contributed by atoms with E-state index in [2.05, 4.69) is 5.32 Å². The largest absolute Gasteiger partial charge is 0.497 e. The van der Waals surface area contributed by atoms with E-state index in [1.165, 1.54) is 18.2 Å². The van der Waals surface area contributed by atoms with Crippen LogP contribution in [0.4, 0.5) is 4.39 Å². The molecule has 2 aliphatic rings. The fraction of sp³-hybridized carbons (Fsp3) is 0.423. The Bertz CT molecular complexity index is 1080.